The molecule has 1 aromatic heterocycles. The van der Waals surface area contributed by atoms with E-state index in [1.165, 1.54) is 0 Å². The van der Waals surface area contributed by atoms with E-state index in [2.05, 4.69) is 13.0 Å². The van der Waals surface area contributed by atoms with Gasteiger partial charge in [0.2, 0.25) is 0 Å². The zero-order valence-electron chi connectivity index (χ0n) is 6.26. The van der Waals surface area contributed by atoms with Crippen molar-refractivity contribution >= 4 is 0 Å². The Hall–Kier alpha value is -1.23. The summed E-state index contributed by atoms with van der Waals surface area (Å²) in [6.07, 6.45) is 3.86. The van der Waals surface area contributed by atoms with E-state index < -0.39 is 0 Å². The van der Waals surface area contributed by atoms with Gasteiger partial charge >= 0.3 is 0 Å². The minimum Gasteiger partial charge on any atom is -0.353 e. The highest BCUT2D eigenvalue weighted by molar-refractivity contribution is 5.34. The second kappa shape index (κ2) is 2.57. The number of hydrogen-bond donors (Lipinski definition) is 0. The van der Waals surface area contributed by atoms with Crippen LogP contribution in [0.1, 0.15) is 18.1 Å². The Labute approximate surface area is 60.7 Å². The SMILES string of the molecule is CCn1cc(C)c(C#N)c1. The molecule has 0 saturated carbocycles. The van der Waals surface area contributed by atoms with Gasteiger partial charge in [-0.15, -0.1) is 0 Å². The lowest BCUT2D eigenvalue weighted by Gasteiger charge is -1.90. The van der Waals surface area contributed by atoms with Crippen molar-refractivity contribution in [3.8, 4) is 6.07 Å². The third-order valence-electron chi connectivity index (χ3n) is 1.56. The van der Waals surface area contributed by atoms with Crippen LogP contribution in [0.3, 0.4) is 0 Å². The summed E-state index contributed by atoms with van der Waals surface area (Å²) >= 11 is 0. The van der Waals surface area contributed by atoms with E-state index in [9.17, 15) is 0 Å². The molecule has 52 valence electrons. The van der Waals surface area contributed by atoms with Crippen LogP contribution in [0, 0.1) is 18.3 Å². The summed E-state index contributed by atoms with van der Waals surface area (Å²) in [6.45, 7) is 4.94. The molecule has 0 radical (unpaired) electrons. The van der Waals surface area contributed by atoms with E-state index >= 15 is 0 Å². The van der Waals surface area contributed by atoms with Gasteiger partial charge in [-0.25, -0.2) is 0 Å². The third-order valence-corrected chi connectivity index (χ3v) is 1.56. The molecule has 2 heteroatoms. The van der Waals surface area contributed by atoms with Gasteiger partial charge in [-0.05, 0) is 19.4 Å². The van der Waals surface area contributed by atoms with Gasteiger partial charge in [0.1, 0.15) is 6.07 Å². The van der Waals surface area contributed by atoms with Gasteiger partial charge in [0.15, 0.2) is 0 Å². The molecule has 1 rings (SSSR count). The minimum atomic E-state index is 0.779. The topological polar surface area (TPSA) is 28.7 Å². The number of nitriles is 1. The molecular weight excluding hydrogens is 124 g/mol. The first-order valence-corrected chi connectivity index (χ1v) is 3.34. The maximum atomic E-state index is 8.56. The number of aryl methyl sites for hydroxylation is 2. The highest BCUT2D eigenvalue weighted by Crippen LogP contribution is 2.06. The van der Waals surface area contributed by atoms with Crippen LogP contribution in [-0.4, -0.2) is 4.57 Å². The molecule has 0 aliphatic heterocycles. The molecule has 0 aliphatic carbocycles. The van der Waals surface area contributed by atoms with Crippen molar-refractivity contribution in [3.05, 3.63) is 23.5 Å². The van der Waals surface area contributed by atoms with Crippen molar-refractivity contribution < 1.29 is 0 Å². The molecule has 0 aliphatic rings. The first kappa shape index (κ1) is 6.88. The molecule has 0 fully saturated rings. The number of aromatic nitrogens is 1. The molecule has 2 nitrogen and oxygen atoms in total. The molecule has 0 N–H and O–H groups in total. The van der Waals surface area contributed by atoms with E-state index in [0.717, 1.165) is 17.7 Å². The molecular formula is C8H10N2. The van der Waals surface area contributed by atoms with Gasteiger partial charge in [0.05, 0.1) is 5.56 Å². The smallest absolute Gasteiger partial charge is 0.101 e. The number of nitrogens with zero attached hydrogens (tertiary/aromatic N) is 2. The normalized spacial score (nSPS) is 9.30. The number of rotatable bonds is 1. The minimum absolute atomic E-state index is 0.779. The van der Waals surface area contributed by atoms with Crippen molar-refractivity contribution in [2.45, 2.75) is 20.4 Å². The summed E-state index contributed by atoms with van der Waals surface area (Å²) in [4.78, 5) is 0. The standard InChI is InChI=1S/C8H10N2/c1-3-10-5-7(2)8(4-9)6-10/h5-6H,3H2,1-2H3. The van der Waals surface area contributed by atoms with E-state index in [1.807, 2.05) is 23.9 Å². The molecule has 0 amide bonds. The second-order valence-corrected chi connectivity index (χ2v) is 2.30. The van der Waals surface area contributed by atoms with Gasteiger partial charge in [0.25, 0.3) is 0 Å². The van der Waals surface area contributed by atoms with E-state index in [1.54, 1.807) is 0 Å². The first-order valence-electron chi connectivity index (χ1n) is 3.34. The van der Waals surface area contributed by atoms with Crippen molar-refractivity contribution in [1.82, 2.24) is 4.57 Å². The van der Waals surface area contributed by atoms with Crippen LogP contribution in [0.5, 0.6) is 0 Å². The van der Waals surface area contributed by atoms with Gasteiger partial charge in [-0.3, -0.25) is 0 Å². The summed E-state index contributed by atoms with van der Waals surface area (Å²) in [6, 6.07) is 2.13. The van der Waals surface area contributed by atoms with Crippen LogP contribution in [0.4, 0.5) is 0 Å². The van der Waals surface area contributed by atoms with Crippen molar-refractivity contribution in [2.75, 3.05) is 0 Å². The van der Waals surface area contributed by atoms with Crippen LogP contribution < -0.4 is 0 Å². The molecule has 10 heavy (non-hydrogen) atoms. The predicted octanol–water partition coefficient (Wildman–Crippen LogP) is 1.69. The quantitative estimate of drug-likeness (QED) is 0.574. The molecule has 0 aromatic carbocycles. The molecule has 1 aromatic rings. The fourth-order valence-corrected chi connectivity index (χ4v) is 0.923. The van der Waals surface area contributed by atoms with Crippen LogP contribution in [-0.2, 0) is 6.54 Å². The molecule has 0 unspecified atom stereocenters. The lowest BCUT2D eigenvalue weighted by Crippen LogP contribution is -1.86. The molecule has 1 heterocycles. The van der Waals surface area contributed by atoms with Crippen LogP contribution in [0.2, 0.25) is 0 Å². The van der Waals surface area contributed by atoms with Gasteiger partial charge in [-0.2, -0.15) is 5.26 Å². The summed E-state index contributed by atoms with van der Waals surface area (Å²) < 4.78 is 2.01. The van der Waals surface area contributed by atoms with E-state index in [0.29, 0.717) is 0 Å². The fourth-order valence-electron chi connectivity index (χ4n) is 0.923. The summed E-state index contributed by atoms with van der Waals surface area (Å²) in [5, 5.41) is 8.56. The Morgan fingerprint density at radius 1 is 1.60 bits per heavy atom. The Kier molecular flexibility index (Phi) is 1.77. The molecule has 0 saturated heterocycles. The van der Waals surface area contributed by atoms with Crippen LogP contribution in [0.15, 0.2) is 12.4 Å². The highest BCUT2D eigenvalue weighted by Gasteiger charge is 1.98. The maximum absolute atomic E-state index is 8.56. The van der Waals surface area contributed by atoms with E-state index in [-0.39, 0.29) is 0 Å². The van der Waals surface area contributed by atoms with Gasteiger partial charge in [-0.1, -0.05) is 0 Å². The van der Waals surface area contributed by atoms with Gasteiger partial charge in [0, 0.05) is 18.9 Å². The predicted molar refractivity (Wildman–Crippen MR) is 39.6 cm³/mol. The molecule has 0 spiro atoms. The molecule has 0 atom stereocenters. The maximum Gasteiger partial charge on any atom is 0.101 e. The lowest BCUT2D eigenvalue weighted by atomic mass is 10.2. The van der Waals surface area contributed by atoms with Crippen LogP contribution in [0.25, 0.3) is 0 Å². The van der Waals surface area contributed by atoms with Gasteiger partial charge < -0.3 is 4.57 Å². The third kappa shape index (κ3) is 1.03. The molecule has 0 bridgehead atoms. The van der Waals surface area contributed by atoms with Crippen molar-refractivity contribution in [3.63, 3.8) is 0 Å². The zero-order valence-corrected chi connectivity index (χ0v) is 6.26. The first-order chi connectivity index (χ1) is 4.77. The monoisotopic (exact) mass is 134 g/mol. The summed E-state index contributed by atoms with van der Waals surface area (Å²) in [5.41, 5.74) is 1.84. The lowest BCUT2D eigenvalue weighted by molar-refractivity contribution is 0.767. The summed E-state index contributed by atoms with van der Waals surface area (Å²) in [5.74, 6) is 0. The Morgan fingerprint density at radius 3 is 2.60 bits per heavy atom. The highest BCUT2D eigenvalue weighted by atomic mass is 14.9. The zero-order chi connectivity index (χ0) is 7.56. The van der Waals surface area contributed by atoms with E-state index in [4.69, 9.17) is 5.26 Å². The fraction of sp³-hybridized carbons (Fsp3) is 0.375. The van der Waals surface area contributed by atoms with Crippen molar-refractivity contribution in [1.29, 1.82) is 5.26 Å². The Bertz CT molecular complexity index is 265. The average molecular weight is 134 g/mol. The van der Waals surface area contributed by atoms with Crippen molar-refractivity contribution in [2.24, 2.45) is 0 Å². The Balaban J connectivity index is 3.07. The largest absolute Gasteiger partial charge is 0.353 e. The number of hydrogen-bond acceptors (Lipinski definition) is 1. The summed E-state index contributed by atoms with van der Waals surface area (Å²) in [7, 11) is 0. The second-order valence-electron chi connectivity index (χ2n) is 2.30. The Morgan fingerprint density at radius 2 is 2.30 bits per heavy atom. The van der Waals surface area contributed by atoms with Crippen LogP contribution >= 0.6 is 0 Å². The average Bonchev–Trinajstić information content (AvgIpc) is 2.30.